The largest absolute Gasteiger partial charge is 0.491 e. The zero-order valence-electron chi connectivity index (χ0n) is 13.2. The second-order valence-corrected chi connectivity index (χ2v) is 6.49. The Morgan fingerprint density at radius 3 is 2.40 bits per heavy atom. The molecule has 1 heterocycles. The molecule has 1 saturated heterocycles. The van der Waals surface area contributed by atoms with E-state index in [0.717, 1.165) is 18.2 Å². The van der Waals surface area contributed by atoms with E-state index in [1.807, 2.05) is 26.0 Å². The average Bonchev–Trinajstić information content (AvgIpc) is 2.68. The molecule has 0 bridgehead atoms. The minimum atomic E-state index is 0.0795. The molecule has 3 unspecified atom stereocenters. The van der Waals surface area contributed by atoms with Crippen molar-refractivity contribution in [1.82, 2.24) is 4.90 Å². The average molecular weight is 276 g/mol. The summed E-state index contributed by atoms with van der Waals surface area (Å²) in [6, 6.07) is 8.95. The van der Waals surface area contributed by atoms with Gasteiger partial charge in [-0.05, 0) is 50.8 Å². The second kappa shape index (κ2) is 6.59. The first-order chi connectivity index (χ1) is 9.45. The number of nitrogens with zero attached hydrogens (tertiary/aromatic N) is 1. The molecule has 1 aromatic carbocycles. The van der Waals surface area contributed by atoms with Crippen molar-refractivity contribution in [2.45, 2.75) is 52.3 Å². The van der Waals surface area contributed by atoms with Crippen LogP contribution in [-0.2, 0) is 0 Å². The van der Waals surface area contributed by atoms with Crippen LogP contribution in [0.1, 0.15) is 45.7 Å². The number of likely N-dealkylation sites (tertiary alicyclic amines) is 1. The Morgan fingerprint density at radius 1 is 1.25 bits per heavy atom. The lowest BCUT2D eigenvalue weighted by molar-refractivity contribution is 0.241. The summed E-state index contributed by atoms with van der Waals surface area (Å²) < 4.78 is 5.66. The summed E-state index contributed by atoms with van der Waals surface area (Å²) in [6.45, 7) is 10.8. The van der Waals surface area contributed by atoms with Crippen molar-refractivity contribution in [3.63, 3.8) is 0 Å². The summed E-state index contributed by atoms with van der Waals surface area (Å²) >= 11 is 0. The molecule has 112 valence electrons. The van der Waals surface area contributed by atoms with Crippen LogP contribution in [0.4, 0.5) is 0 Å². The topological polar surface area (TPSA) is 38.5 Å². The Hall–Kier alpha value is -1.06. The predicted molar refractivity (Wildman–Crippen MR) is 84.0 cm³/mol. The van der Waals surface area contributed by atoms with Gasteiger partial charge in [0.2, 0.25) is 0 Å². The third kappa shape index (κ3) is 3.97. The van der Waals surface area contributed by atoms with Gasteiger partial charge in [0.1, 0.15) is 5.75 Å². The van der Waals surface area contributed by atoms with Crippen LogP contribution in [0.15, 0.2) is 24.3 Å². The SMILES string of the molecule is CC1CC(C)N(CC(N)c2ccc(OC(C)C)cc2)C1. The molecule has 2 rings (SSSR count). The minimum absolute atomic E-state index is 0.0795. The van der Waals surface area contributed by atoms with Crippen LogP contribution < -0.4 is 10.5 Å². The maximum Gasteiger partial charge on any atom is 0.119 e. The van der Waals surface area contributed by atoms with E-state index >= 15 is 0 Å². The fourth-order valence-electron chi connectivity index (χ4n) is 3.06. The number of hydrogen-bond donors (Lipinski definition) is 1. The maximum atomic E-state index is 6.35. The van der Waals surface area contributed by atoms with Crippen molar-refractivity contribution in [1.29, 1.82) is 0 Å². The van der Waals surface area contributed by atoms with E-state index in [0.29, 0.717) is 6.04 Å². The molecular formula is C17H28N2O. The highest BCUT2D eigenvalue weighted by Gasteiger charge is 2.27. The summed E-state index contributed by atoms with van der Waals surface area (Å²) in [5.74, 6) is 1.71. The summed E-state index contributed by atoms with van der Waals surface area (Å²) in [5, 5.41) is 0. The van der Waals surface area contributed by atoms with Crippen LogP contribution in [-0.4, -0.2) is 30.1 Å². The third-order valence-corrected chi connectivity index (χ3v) is 4.02. The lowest BCUT2D eigenvalue weighted by atomic mass is 10.1. The Bertz CT molecular complexity index is 416. The Labute approximate surface area is 123 Å². The molecule has 1 aliphatic heterocycles. The van der Waals surface area contributed by atoms with E-state index in [4.69, 9.17) is 10.5 Å². The molecule has 0 spiro atoms. The summed E-state index contributed by atoms with van der Waals surface area (Å²) in [4.78, 5) is 2.51. The number of ether oxygens (including phenoxy) is 1. The molecule has 3 nitrogen and oxygen atoms in total. The third-order valence-electron chi connectivity index (χ3n) is 4.02. The Kier molecular flexibility index (Phi) is 5.06. The lowest BCUT2D eigenvalue weighted by Gasteiger charge is -2.25. The first-order valence-electron chi connectivity index (χ1n) is 7.72. The van der Waals surface area contributed by atoms with Crippen molar-refractivity contribution in [3.05, 3.63) is 29.8 Å². The van der Waals surface area contributed by atoms with Crippen LogP contribution >= 0.6 is 0 Å². The summed E-state index contributed by atoms with van der Waals surface area (Å²) in [6.07, 6.45) is 1.50. The predicted octanol–water partition coefficient (Wildman–Crippen LogP) is 3.20. The van der Waals surface area contributed by atoms with Gasteiger partial charge in [-0.25, -0.2) is 0 Å². The fourth-order valence-corrected chi connectivity index (χ4v) is 3.06. The number of hydrogen-bond acceptors (Lipinski definition) is 3. The highest BCUT2D eigenvalue weighted by Crippen LogP contribution is 2.25. The van der Waals surface area contributed by atoms with Gasteiger partial charge in [0.05, 0.1) is 6.10 Å². The Morgan fingerprint density at radius 2 is 1.90 bits per heavy atom. The van der Waals surface area contributed by atoms with Crippen LogP contribution in [0.5, 0.6) is 5.75 Å². The number of nitrogens with two attached hydrogens (primary N) is 1. The van der Waals surface area contributed by atoms with Crippen LogP contribution in [0.25, 0.3) is 0 Å². The number of rotatable bonds is 5. The van der Waals surface area contributed by atoms with Gasteiger partial charge in [-0.2, -0.15) is 0 Å². The normalized spacial score (nSPS) is 25.1. The van der Waals surface area contributed by atoms with Gasteiger partial charge in [0, 0.05) is 25.2 Å². The quantitative estimate of drug-likeness (QED) is 0.897. The highest BCUT2D eigenvalue weighted by molar-refractivity contribution is 5.29. The monoisotopic (exact) mass is 276 g/mol. The van der Waals surface area contributed by atoms with Crippen molar-refractivity contribution >= 4 is 0 Å². The van der Waals surface area contributed by atoms with Crippen LogP contribution in [0, 0.1) is 5.92 Å². The molecule has 3 atom stereocenters. The molecular weight excluding hydrogens is 248 g/mol. The van der Waals surface area contributed by atoms with E-state index in [2.05, 4.69) is 30.9 Å². The van der Waals surface area contributed by atoms with Crippen LogP contribution in [0.3, 0.4) is 0 Å². The molecule has 1 aliphatic rings. The number of benzene rings is 1. The molecule has 0 radical (unpaired) electrons. The minimum Gasteiger partial charge on any atom is -0.491 e. The smallest absolute Gasteiger partial charge is 0.119 e. The van der Waals surface area contributed by atoms with Gasteiger partial charge in [-0.15, -0.1) is 0 Å². The maximum absolute atomic E-state index is 6.35. The molecule has 20 heavy (non-hydrogen) atoms. The van der Waals surface area contributed by atoms with E-state index in [-0.39, 0.29) is 12.1 Å². The summed E-state index contributed by atoms with van der Waals surface area (Å²) in [7, 11) is 0. The van der Waals surface area contributed by atoms with Crippen molar-refractivity contribution in [3.8, 4) is 5.75 Å². The standard InChI is InChI=1S/C17H28N2O/c1-12(2)20-16-7-5-15(6-8-16)17(18)11-19-10-13(3)9-14(19)4/h5-8,12-14,17H,9-11,18H2,1-4H3. The molecule has 1 aromatic rings. The molecule has 0 amide bonds. The molecule has 0 aliphatic carbocycles. The highest BCUT2D eigenvalue weighted by atomic mass is 16.5. The summed E-state index contributed by atoms with van der Waals surface area (Å²) in [5.41, 5.74) is 7.54. The molecule has 1 fully saturated rings. The first-order valence-corrected chi connectivity index (χ1v) is 7.72. The van der Waals surface area contributed by atoms with Gasteiger partial charge < -0.3 is 10.5 Å². The van der Waals surface area contributed by atoms with E-state index in [1.165, 1.54) is 18.5 Å². The molecule has 0 saturated carbocycles. The second-order valence-electron chi connectivity index (χ2n) is 6.49. The van der Waals surface area contributed by atoms with Gasteiger partial charge in [-0.3, -0.25) is 4.90 Å². The fraction of sp³-hybridized carbons (Fsp3) is 0.647. The van der Waals surface area contributed by atoms with Crippen molar-refractivity contribution < 1.29 is 4.74 Å². The van der Waals surface area contributed by atoms with Gasteiger partial charge >= 0.3 is 0 Å². The van der Waals surface area contributed by atoms with E-state index in [1.54, 1.807) is 0 Å². The molecule has 2 N–H and O–H groups in total. The Balaban J connectivity index is 1.93. The molecule has 0 aromatic heterocycles. The zero-order chi connectivity index (χ0) is 14.7. The van der Waals surface area contributed by atoms with Crippen LogP contribution in [0.2, 0.25) is 0 Å². The van der Waals surface area contributed by atoms with Crippen molar-refractivity contribution in [2.24, 2.45) is 11.7 Å². The van der Waals surface area contributed by atoms with E-state index in [9.17, 15) is 0 Å². The van der Waals surface area contributed by atoms with Gasteiger partial charge in [0.25, 0.3) is 0 Å². The lowest BCUT2D eigenvalue weighted by Crippen LogP contribution is -2.34. The van der Waals surface area contributed by atoms with Gasteiger partial charge in [0.15, 0.2) is 0 Å². The zero-order valence-corrected chi connectivity index (χ0v) is 13.2. The molecule has 3 heteroatoms. The van der Waals surface area contributed by atoms with Crippen molar-refractivity contribution in [2.75, 3.05) is 13.1 Å². The van der Waals surface area contributed by atoms with E-state index < -0.39 is 0 Å². The van der Waals surface area contributed by atoms with Gasteiger partial charge in [-0.1, -0.05) is 19.1 Å². The first kappa shape index (κ1) is 15.3.